The molecular formula is C20H23FN6O. The van der Waals surface area contributed by atoms with Crippen molar-refractivity contribution in [2.24, 2.45) is 0 Å². The number of H-pyrrole nitrogens is 1. The molecule has 3 aromatic rings. The zero-order chi connectivity index (χ0) is 19.5. The van der Waals surface area contributed by atoms with Crippen LogP contribution in [0, 0.1) is 12.9 Å². The van der Waals surface area contributed by atoms with Gasteiger partial charge < -0.3 is 9.88 Å². The lowest BCUT2D eigenvalue weighted by atomic mass is 9.79. The molecule has 0 aliphatic carbocycles. The molecular weight excluding hydrogens is 359 g/mol. The molecule has 0 unspecified atom stereocenters. The second-order valence-electron chi connectivity index (χ2n) is 7.91. The SMILES string of the molecule is Cc1ccc2nc(C(=O)N3CCC4(CC3)c3nc[nH]c3CCN4C)c(F)n2c1. The Kier molecular flexibility index (Phi) is 3.80. The Morgan fingerprint density at radius 1 is 1.25 bits per heavy atom. The van der Waals surface area contributed by atoms with Gasteiger partial charge >= 0.3 is 0 Å². The normalized spacial score (nSPS) is 19.3. The molecule has 3 aromatic heterocycles. The number of nitrogens with zero attached hydrogens (tertiary/aromatic N) is 5. The van der Waals surface area contributed by atoms with Gasteiger partial charge in [-0.2, -0.15) is 4.39 Å². The molecule has 1 spiro atoms. The van der Waals surface area contributed by atoms with E-state index < -0.39 is 5.95 Å². The zero-order valence-corrected chi connectivity index (χ0v) is 16.1. The van der Waals surface area contributed by atoms with Gasteiger partial charge in [-0.05, 0) is 38.4 Å². The molecule has 8 heteroatoms. The standard InChI is InChI=1S/C20H23FN6O/c1-13-3-4-15-24-16(18(21)27(15)11-13)19(28)26-9-6-20(7-10-26)17-14(22-12-23-17)5-8-25(20)2/h3-4,11-12H,5-10H2,1-2H3,(H,22,23). The summed E-state index contributed by atoms with van der Waals surface area (Å²) in [5, 5.41) is 0. The molecule has 0 aromatic carbocycles. The van der Waals surface area contributed by atoms with E-state index >= 15 is 0 Å². The first-order chi connectivity index (χ1) is 13.5. The molecule has 7 nitrogen and oxygen atoms in total. The second kappa shape index (κ2) is 6.13. The maximum absolute atomic E-state index is 14.8. The molecule has 0 bridgehead atoms. The average Bonchev–Trinajstić information content (AvgIpc) is 3.31. The number of carbonyl (C=O) groups excluding carboxylic acids is 1. The number of nitrogens with one attached hydrogen (secondary N) is 1. The summed E-state index contributed by atoms with van der Waals surface area (Å²) in [5.41, 5.74) is 3.41. The fourth-order valence-corrected chi connectivity index (χ4v) is 4.69. The van der Waals surface area contributed by atoms with Gasteiger partial charge in [-0.3, -0.25) is 14.1 Å². The molecule has 28 heavy (non-hydrogen) atoms. The van der Waals surface area contributed by atoms with Gasteiger partial charge in [-0.15, -0.1) is 0 Å². The van der Waals surface area contributed by atoms with E-state index in [0.29, 0.717) is 18.7 Å². The first-order valence-corrected chi connectivity index (χ1v) is 9.67. The highest BCUT2D eigenvalue weighted by Gasteiger charge is 2.46. The molecule has 0 atom stereocenters. The van der Waals surface area contributed by atoms with Crippen LogP contribution in [0.5, 0.6) is 0 Å². The van der Waals surface area contributed by atoms with E-state index in [4.69, 9.17) is 0 Å². The van der Waals surface area contributed by atoms with Gasteiger partial charge in [0.25, 0.3) is 5.91 Å². The van der Waals surface area contributed by atoms with Crippen molar-refractivity contribution in [3.8, 4) is 0 Å². The molecule has 2 aliphatic heterocycles. The number of amides is 1. The van der Waals surface area contributed by atoms with E-state index in [0.717, 1.165) is 37.1 Å². The van der Waals surface area contributed by atoms with E-state index in [9.17, 15) is 9.18 Å². The third kappa shape index (κ3) is 2.40. The number of imidazole rings is 2. The van der Waals surface area contributed by atoms with Crippen molar-refractivity contribution in [3.05, 3.63) is 53.2 Å². The van der Waals surface area contributed by atoms with Crippen molar-refractivity contribution < 1.29 is 9.18 Å². The molecule has 1 saturated heterocycles. The van der Waals surface area contributed by atoms with Crippen LogP contribution >= 0.6 is 0 Å². The number of aromatic nitrogens is 4. The van der Waals surface area contributed by atoms with Crippen LogP contribution in [0.3, 0.4) is 0 Å². The molecule has 0 radical (unpaired) electrons. The summed E-state index contributed by atoms with van der Waals surface area (Å²) >= 11 is 0. The molecule has 5 rings (SSSR count). The number of pyridine rings is 1. The van der Waals surface area contributed by atoms with Crippen molar-refractivity contribution in [3.63, 3.8) is 0 Å². The first kappa shape index (κ1) is 17.4. The minimum absolute atomic E-state index is 0.0981. The number of piperidine rings is 1. The van der Waals surface area contributed by atoms with Gasteiger partial charge in [0.05, 0.1) is 17.6 Å². The summed E-state index contributed by atoms with van der Waals surface area (Å²) in [7, 11) is 2.12. The quantitative estimate of drug-likeness (QED) is 0.700. The second-order valence-corrected chi connectivity index (χ2v) is 7.91. The zero-order valence-electron chi connectivity index (χ0n) is 16.1. The van der Waals surface area contributed by atoms with Gasteiger partial charge in [0.1, 0.15) is 5.65 Å². The van der Waals surface area contributed by atoms with E-state index in [-0.39, 0.29) is 17.1 Å². The fourth-order valence-electron chi connectivity index (χ4n) is 4.69. The molecule has 2 aliphatic rings. The number of fused-ring (bicyclic) bond motifs is 3. The molecule has 146 valence electrons. The lowest BCUT2D eigenvalue weighted by Crippen LogP contribution is -2.55. The lowest BCUT2D eigenvalue weighted by Gasteiger charge is -2.49. The van der Waals surface area contributed by atoms with Gasteiger partial charge in [-0.25, -0.2) is 9.97 Å². The summed E-state index contributed by atoms with van der Waals surface area (Å²) in [5.74, 6) is -0.928. The smallest absolute Gasteiger partial charge is 0.277 e. The Hall–Kier alpha value is -2.74. The number of carbonyl (C=O) groups is 1. The third-order valence-electron chi connectivity index (χ3n) is 6.38. The Morgan fingerprint density at radius 2 is 2.04 bits per heavy atom. The number of likely N-dealkylation sites (tertiary alicyclic amines) is 1. The molecule has 0 saturated carbocycles. The van der Waals surface area contributed by atoms with Crippen LogP contribution < -0.4 is 0 Å². The molecule has 1 N–H and O–H groups in total. The van der Waals surface area contributed by atoms with Crippen molar-refractivity contribution in [1.82, 2.24) is 29.2 Å². The van der Waals surface area contributed by atoms with Crippen molar-refractivity contribution in [2.45, 2.75) is 31.7 Å². The predicted octanol–water partition coefficient (Wildman–Crippen LogP) is 2.12. The van der Waals surface area contributed by atoms with Crippen LogP contribution in [0.25, 0.3) is 5.65 Å². The van der Waals surface area contributed by atoms with Gasteiger partial charge in [0.2, 0.25) is 5.95 Å². The summed E-state index contributed by atoms with van der Waals surface area (Å²) in [6.07, 6.45) is 5.94. The first-order valence-electron chi connectivity index (χ1n) is 9.67. The lowest BCUT2D eigenvalue weighted by molar-refractivity contribution is 0.0221. The summed E-state index contributed by atoms with van der Waals surface area (Å²) < 4.78 is 16.2. The third-order valence-corrected chi connectivity index (χ3v) is 6.38. The van der Waals surface area contributed by atoms with Gasteiger partial charge in [0, 0.05) is 37.9 Å². The Bertz CT molecular complexity index is 1060. The Labute approximate surface area is 162 Å². The summed E-state index contributed by atoms with van der Waals surface area (Å²) in [6, 6.07) is 3.59. The van der Waals surface area contributed by atoms with E-state index in [1.54, 1.807) is 23.5 Å². The number of aryl methyl sites for hydroxylation is 1. The highest BCUT2D eigenvalue weighted by Crippen LogP contribution is 2.41. The van der Waals surface area contributed by atoms with Crippen LogP contribution in [0.1, 0.15) is 40.3 Å². The van der Waals surface area contributed by atoms with Crippen LogP contribution in [0.15, 0.2) is 24.7 Å². The Balaban J connectivity index is 1.41. The minimum Gasteiger partial charge on any atom is -0.348 e. The average molecular weight is 382 g/mol. The Morgan fingerprint density at radius 3 is 2.82 bits per heavy atom. The van der Waals surface area contributed by atoms with Gasteiger partial charge in [-0.1, -0.05) is 6.07 Å². The molecule has 1 amide bonds. The van der Waals surface area contributed by atoms with Crippen molar-refractivity contribution >= 4 is 11.6 Å². The predicted molar refractivity (Wildman–Crippen MR) is 102 cm³/mol. The van der Waals surface area contributed by atoms with Gasteiger partial charge in [0.15, 0.2) is 5.69 Å². The van der Waals surface area contributed by atoms with E-state index in [2.05, 4.69) is 26.9 Å². The van der Waals surface area contributed by atoms with Crippen LogP contribution in [0.2, 0.25) is 0 Å². The molecule has 1 fully saturated rings. The fraction of sp³-hybridized carbons (Fsp3) is 0.450. The van der Waals surface area contributed by atoms with E-state index in [1.165, 1.54) is 10.1 Å². The topological polar surface area (TPSA) is 69.5 Å². The van der Waals surface area contributed by atoms with E-state index in [1.807, 2.05) is 13.0 Å². The van der Waals surface area contributed by atoms with Crippen LogP contribution in [0.4, 0.5) is 4.39 Å². The number of hydrogen-bond donors (Lipinski definition) is 1. The number of hydrogen-bond acceptors (Lipinski definition) is 4. The molecule has 5 heterocycles. The number of rotatable bonds is 1. The highest BCUT2D eigenvalue weighted by molar-refractivity contribution is 5.93. The summed E-state index contributed by atoms with van der Waals surface area (Å²) in [6.45, 7) is 3.96. The monoisotopic (exact) mass is 382 g/mol. The highest BCUT2D eigenvalue weighted by atomic mass is 19.1. The maximum Gasteiger partial charge on any atom is 0.277 e. The van der Waals surface area contributed by atoms with Crippen LogP contribution in [-0.2, 0) is 12.0 Å². The number of aromatic amines is 1. The number of likely N-dealkylation sites (N-methyl/N-ethyl adjacent to an activating group) is 1. The van der Waals surface area contributed by atoms with Crippen molar-refractivity contribution in [2.75, 3.05) is 26.7 Å². The maximum atomic E-state index is 14.8. The van der Waals surface area contributed by atoms with Crippen molar-refractivity contribution in [1.29, 1.82) is 0 Å². The largest absolute Gasteiger partial charge is 0.348 e. The van der Waals surface area contributed by atoms with Crippen LogP contribution in [-0.4, -0.2) is 61.7 Å². The number of halogens is 1. The minimum atomic E-state index is -0.589. The summed E-state index contributed by atoms with van der Waals surface area (Å²) in [4.78, 5) is 29.2.